The number of aryl methyl sites for hydroxylation is 1. The van der Waals surface area contributed by atoms with E-state index in [1.165, 1.54) is 5.56 Å². The van der Waals surface area contributed by atoms with E-state index in [1.54, 1.807) is 0 Å². The number of hydrogen-bond acceptors (Lipinski definition) is 2. The summed E-state index contributed by atoms with van der Waals surface area (Å²) in [6.07, 6.45) is 3.27. The van der Waals surface area contributed by atoms with Gasteiger partial charge in [0, 0.05) is 18.2 Å². The Bertz CT molecular complexity index is 1130. The number of carbonyl (C=O) groups excluding carboxylic acids is 1. The van der Waals surface area contributed by atoms with Gasteiger partial charge in [-0.1, -0.05) is 44.2 Å². The lowest BCUT2D eigenvalue weighted by Crippen LogP contribution is -2.57. The average molecular weight is 417 g/mol. The zero-order valence-electron chi connectivity index (χ0n) is 19.0. The molecule has 1 aliphatic heterocycles. The maximum atomic E-state index is 13.8. The number of amides is 2. The zero-order chi connectivity index (χ0) is 21.8. The molecule has 0 radical (unpaired) electrons. The molecule has 0 bridgehead atoms. The number of para-hydroxylation sites is 3. The van der Waals surface area contributed by atoms with Gasteiger partial charge in [-0.25, -0.2) is 9.78 Å². The summed E-state index contributed by atoms with van der Waals surface area (Å²) in [6, 6.07) is 17.1. The van der Waals surface area contributed by atoms with E-state index in [2.05, 4.69) is 73.6 Å². The number of fused-ring (bicyclic) bond motifs is 2. The lowest BCUT2D eigenvalue weighted by molar-refractivity contribution is 0.126. The monoisotopic (exact) mass is 416 g/mol. The highest BCUT2D eigenvalue weighted by Gasteiger charge is 2.49. The van der Waals surface area contributed by atoms with E-state index in [4.69, 9.17) is 4.98 Å². The summed E-state index contributed by atoms with van der Waals surface area (Å²) in [7, 11) is 0. The highest BCUT2D eigenvalue weighted by molar-refractivity contribution is 5.96. The molecular formula is C26H32N4O. The molecule has 5 rings (SSSR count). The minimum atomic E-state index is -0.302. The molecule has 2 aliphatic rings. The van der Waals surface area contributed by atoms with Crippen molar-refractivity contribution >= 4 is 22.8 Å². The molecule has 2 amide bonds. The predicted octanol–water partition coefficient (Wildman–Crippen LogP) is 5.92. The first-order valence-corrected chi connectivity index (χ1v) is 11.5. The van der Waals surface area contributed by atoms with Gasteiger partial charge in [0.25, 0.3) is 0 Å². The fourth-order valence-electron chi connectivity index (χ4n) is 4.95. The van der Waals surface area contributed by atoms with Crippen LogP contribution in [-0.4, -0.2) is 26.5 Å². The van der Waals surface area contributed by atoms with Crippen molar-refractivity contribution in [3.63, 3.8) is 0 Å². The highest BCUT2D eigenvalue weighted by atomic mass is 16.2. The van der Waals surface area contributed by atoms with Crippen LogP contribution in [0.15, 0.2) is 48.5 Å². The van der Waals surface area contributed by atoms with E-state index in [0.717, 1.165) is 48.4 Å². The van der Waals surface area contributed by atoms with Crippen molar-refractivity contribution in [2.45, 2.75) is 71.6 Å². The fourth-order valence-corrected chi connectivity index (χ4v) is 4.95. The number of hydrogen-bond donors (Lipinski definition) is 0. The summed E-state index contributed by atoms with van der Waals surface area (Å²) in [5.41, 5.74) is 4.07. The lowest BCUT2D eigenvalue weighted by Gasteiger charge is -2.48. The van der Waals surface area contributed by atoms with Crippen molar-refractivity contribution in [3.8, 4) is 0 Å². The third kappa shape index (κ3) is 3.40. The Morgan fingerprint density at radius 3 is 2.52 bits per heavy atom. The van der Waals surface area contributed by atoms with E-state index in [-0.39, 0.29) is 11.6 Å². The smallest absolute Gasteiger partial charge is 0.325 e. The Hall–Kier alpha value is -2.82. The van der Waals surface area contributed by atoms with Crippen molar-refractivity contribution in [1.29, 1.82) is 0 Å². The van der Waals surface area contributed by atoms with Crippen molar-refractivity contribution in [2.75, 3.05) is 4.90 Å². The third-order valence-corrected chi connectivity index (χ3v) is 6.77. The first-order chi connectivity index (χ1) is 14.9. The Morgan fingerprint density at radius 1 is 1.06 bits per heavy atom. The molecule has 5 nitrogen and oxygen atoms in total. The van der Waals surface area contributed by atoms with Gasteiger partial charge in [-0.15, -0.1) is 0 Å². The summed E-state index contributed by atoms with van der Waals surface area (Å²) < 4.78 is 2.31. The van der Waals surface area contributed by atoms with Gasteiger partial charge in [0.05, 0.1) is 28.8 Å². The van der Waals surface area contributed by atoms with Crippen LogP contribution < -0.4 is 4.90 Å². The second-order valence-electron chi connectivity index (χ2n) is 9.90. The molecule has 0 N–H and O–H groups in total. The molecule has 0 saturated heterocycles. The van der Waals surface area contributed by atoms with Gasteiger partial charge in [-0.2, -0.15) is 0 Å². The first kappa shape index (κ1) is 20.1. The second-order valence-corrected chi connectivity index (χ2v) is 9.90. The summed E-state index contributed by atoms with van der Waals surface area (Å²) in [4.78, 5) is 22.8. The minimum absolute atomic E-state index is 0.105. The van der Waals surface area contributed by atoms with Gasteiger partial charge >= 0.3 is 6.03 Å². The van der Waals surface area contributed by atoms with Crippen LogP contribution in [0.5, 0.6) is 0 Å². The normalized spacial score (nSPS) is 18.2. The molecule has 162 valence electrons. The Morgan fingerprint density at radius 2 is 1.77 bits per heavy atom. The SMILES string of the molecule is CC(C)CCn1c(CN2C(=O)N(C3CC3)C(C)(C)c3ccccc32)nc2ccccc21. The minimum Gasteiger partial charge on any atom is -0.326 e. The molecule has 3 aromatic rings. The van der Waals surface area contributed by atoms with E-state index >= 15 is 0 Å². The van der Waals surface area contributed by atoms with Crippen LogP contribution >= 0.6 is 0 Å². The van der Waals surface area contributed by atoms with Crippen LogP contribution in [0.3, 0.4) is 0 Å². The third-order valence-electron chi connectivity index (χ3n) is 6.77. The highest BCUT2D eigenvalue weighted by Crippen LogP contribution is 2.46. The maximum absolute atomic E-state index is 13.8. The van der Waals surface area contributed by atoms with Crippen molar-refractivity contribution < 1.29 is 4.79 Å². The second kappa shape index (κ2) is 7.40. The number of carbonyl (C=O) groups is 1. The number of anilines is 1. The lowest BCUT2D eigenvalue weighted by atomic mass is 9.88. The van der Waals surface area contributed by atoms with Crippen LogP contribution in [0.4, 0.5) is 10.5 Å². The van der Waals surface area contributed by atoms with Crippen LogP contribution in [0.25, 0.3) is 11.0 Å². The quantitative estimate of drug-likeness (QED) is 0.500. The number of rotatable bonds is 6. The van der Waals surface area contributed by atoms with Gasteiger partial charge in [0.2, 0.25) is 0 Å². The summed E-state index contributed by atoms with van der Waals surface area (Å²) in [5.74, 6) is 1.57. The molecule has 0 unspecified atom stereocenters. The van der Waals surface area contributed by atoms with Crippen LogP contribution in [0.2, 0.25) is 0 Å². The van der Waals surface area contributed by atoms with Gasteiger partial charge in [-0.05, 0) is 57.2 Å². The largest absolute Gasteiger partial charge is 0.326 e. The van der Waals surface area contributed by atoms with E-state index in [0.29, 0.717) is 18.5 Å². The molecule has 1 fully saturated rings. The van der Waals surface area contributed by atoms with E-state index < -0.39 is 0 Å². The Balaban J connectivity index is 1.58. The van der Waals surface area contributed by atoms with Crippen molar-refractivity contribution in [1.82, 2.24) is 14.5 Å². The molecule has 0 spiro atoms. The molecule has 2 heterocycles. The van der Waals surface area contributed by atoms with Gasteiger partial charge in [0.1, 0.15) is 5.82 Å². The Kier molecular flexibility index (Phi) is 4.80. The summed E-state index contributed by atoms with van der Waals surface area (Å²) >= 11 is 0. The molecular weight excluding hydrogens is 384 g/mol. The molecule has 31 heavy (non-hydrogen) atoms. The number of urea groups is 1. The van der Waals surface area contributed by atoms with Crippen molar-refractivity contribution in [2.24, 2.45) is 5.92 Å². The van der Waals surface area contributed by atoms with Gasteiger partial charge < -0.3 is 9.47 Å². The summed E-state index contributed by atoms with van der Waals surface area (Å²) in [6.45, 7) is 10.3. The number of imidazole rings is 1. The van der Waals surface area contributed by atoms with Gasteiger partial charge in [0.15, 0.2) is 0 Å². The molecule has 1 aliphatic carbocycles. The molecule has 2 aromatic carbocycles. The first-order valence-electron chi connectivity index (χ1n) is 11.5. The Labute approximate surface area is 184 Å². The average Bonchev–Trinajstić information content (AvgIpc) is 3.50. The topological polar surface area (TPSA) is 41.4 Å². The summed E-state index contributed by atoms with van der Waals surface area (Å²) in [5, 5.41) is 0. The van der Waals surface area contributed by atoms with E-state index in [1.807, 2.05) is 17.0 Å². The van der Waals surface area contributed by atoms with Crippen LogP contribution in [0.1, 0.15) is 58.3 Å². The molecule has 0 atom stereocenters. The number of nitrogens with zero attached hydrogens (tertiary/aromatic N) is 4. The van der Waals surface area contributed by atoms with Crippen molar-refractivity contribution in [3.05, 3.63) is 59.9 Å². The van der Waals surface area contributed by atoms with Crippen LogP contribution in [0, 0.1) is 5.92 Å². The maximum Gasteiger partial charge on any atom is 0.325 e. The number of benzene rings is 2. The van der Waals surface area contributed by atoms with Gasteiger partial charge in [-0.3, -0.25) is 4.90 Å². The zero-order valence-corrected chi connectivity index (χ0v) is 19.0. The van der Waals surface area contributed by atoms with E-state index in [9.17, 15) is 4.79 Å². The molecule has 1 aromatic heterocycles. The van der Waals surface area contributed by atoms with Crippen LogP contribution in [-0.2, 0) is 18.6 Å². The molecule has 5 heteroatoms. The fraction of sp³-hybridized carbons (Fsp3) is 0.462. The standard InChI is InChI=1S/C26H32N4O/c1-18(2)15-16-28-23-12-8-6-10-21(23)27-24(28)17-29-22-11-7-5-9-20(22)26(3,4)30(25(29)31)19-13-14-19/h5-12,18-19H,13-17H2,1-4H3. The predicted molar refractivity (Wildman–Crippen MR) is 125 cm³/mol. The molecule has 1 saturated carbocycles. The number of aromatic nitrogens is 2.